The summed E-state index contributed by atoms with van der Waals surface area (Å²) in [6.45, 7) is 1.53. The highest BCUT2D eigenvalue weighted by molar-refractivity contribution is 6.30. The van der Waals surface area contributed by atoms with E-state index in [1.165, 1.54) is 12.5 Å². The minimum Gasteiger partial charge on any atom is -0.381 e. The number of anilines is 1. The number of Topliss-reactive ketones (excluding diaryl/α,β-unsaturated/α-hetero) is 1. The molecule has 2 aromatic rings. The van der Waals surface area contributed by atoms with Crippen molar-refractivity contribution in [2.45, 2.75) is 25.3 Å². The quantitative estimate of drug-likeness (QED) is 0.852. The Morgan fingerprint density at radius 1 is 1.27 bits per heavy atom. The molecule has 22 heavy (non-hydrogen) atoms. The van der Waals surface area contributed by atoms with E-state index in [1.54, 1.807) is 18.2 Å². The van der Waals surface area contributed by atoms with Gasteiger partial charge in [0.2, 0.25) is 0 Å². The van der Waals surface area contributed by atoms with Crippen molar-refractivity contribution in [3.05, 3.63) is 64.2 Å². The Balaban J connectivity index is 1.77. The molecule has 2 aromatic carbocycles. The van der Waals surface area contributed by atoms with Gasteiger partial charge in [0.15, 0.2) is 5.78 Å². The van der Waals surface area contributed by atoms with Gasteiger partial charge >= 0.3 is 0 Å². The van der Waals surface area contributed by atoms with Gasteiger partial charge in [-0.25, -0.2) is 0 Å². The third kappa shape index (κ3) is 2.98. The van der Waals surface area contributed by atoms with Crippen molar-refractivity contribution in [1.82, 2.24) is 0 Å². The van der Waals surface area contributed by atoms with Gasteiger partial charge < -0.3 is 5.32 Å². The van der Waals surface area contributed by atoms with Crippen molar-refractivity contribution in [2.75, 3.05) is 5.32 Å². The Morgan fingerprint density at radius 2 is 2.00 bits per heavy atom. The van der Waals surface area contributed by atoms with Crippen LogP contribution in [0.1, 0.15) is 40.7 Å². The summed E-state index contributed by atoms with van der Waals surface area (Å²) in [4.78, 5) is 11.5. The first-order valence-electron chi connectivity index (χ1n) is 7.15. The van der Waals surface area contributed by atoms with Crippen molar-refractivity contribution in [2.24, 2.45) is 0 Å². The molecule has 0 spiro atoms. The Labute approximate surface area is 134 Å². The number of nitrogens with zero attached hydrogens (tertiary/aromatic N) is 1. The number of hydrogen-bond acceptors (Lipinski definition) is 3. The second-order valence-electron chi connectivity index (χ2n) is 5.57. The van der Waals surface area contributed by atoms with E-state index in [2.05, 4.69) is 11.4 Å². The van der Waals surface area contributed by atoms with Gasteiger partial charge in [-0.1, -0.05) is 23.7 Å². The number of halogens is 1. The lowest BCUT2D eigenvalue weighted by molar-refractivity contribution is 0.101. The van der Waals surface area contributed by atoms with Crippen molar-refractivity contribution in [1.29, 1.82) is 5.26 Å². The standard InChI is InChI=1S/C18H15ClN2O/c1-11(22)13-2-3-14(10-20)17(8-13)21-18-9-16(18)12-4-6-15(19)7-5-12/h2-8,16,18,21H,9H2,1H3. The van der Waals surface area contributed by atoms with Gasteiger partial charge in [-0.15, -0.1) is 0 Å². The fourth-order valence-corrected chi connectivity index (χ4v) is 2.74. The summed E-state index contributed by atoms with van der Waals surface area (Å²) >= 11 is 5.91. The molecule has 4 heteroatoms. The summed E-state index contributed by atoms with van der Waals surface area (Å²) in [6, 6.07) is 15.5. The molecule has 0 aliphatic heterocycles. The van der Waals surface area contributed by atoms with Crippen LogP contribution >= 0.6 is 11.6 Å². The second kappa shape index (κ2) is 5.82. The first kappa shape index (κ1) is 14.6. The molecule has 1 fully saturated rings. The molecule has 110 valence electrons. The zero-order valence-corrected chi connectivity index (χ0v) is 12.9. The highest BCUT2D eigenvalue weighted by Gasteiger charge is 2.38. The fraction of sp³-hybridized carbons (Fsp3) is 0.222. The molecular formula is C18H15ClN2O. The number of carbonyl (C=O) groups is 1. The van der Waals surface area contributed by atoms with E-state index in [9.17, 15) is 10.1 Å². The normalized spacial score (nSPS) is 19.3. The minimum atomic E-state index is -0.00223. The highest BCUT2D eigenvalue weighted by Crippen LogP contribution is 2.43. The molecule has 0 heterocycles. The smallest absolute Gasteiger partial charge is 0.159 e. The largest absolute Gasteiger partial charge is 0.381 e. The van der Waals surface area contributed by atoms with Crippen LogP contribution < -0.4 is 5.32 Å². The first-order valence-corrected chi connectivity index (χ1v) is 7.53. The van der Waals surface area contributed by atoms with Crippen LogP contribution in [0.5, 0.6) is 0 Å². The SMILES string of the molecule is CC(=O)c1ccc(C#N)c(NC2CC2c2ccc(Cl)cc2)c1. The third-order valence-electron chi connectivity index (χ3n) is 3.98. The maximum Gasteiger partial charge on any atom is 0.159 e. The van der Waals surface area contributed by atoms with Crippen LogP contribution in [0.3, 0.4) is 0 Å². The van der Waals surface area contributed by atoms with E-state index in [4.69, 9.17) is 11.6 Å². The van der Waals surface area contributed by atoms with Gasteiger partial charge in [0.25, 0.3) is 0 Å². The van der Waals surface area contributed by atoms with Gasteiger partial charge in [-0.3, -0.25) is 4.79 Å². The van der Waals surface area contributed by atoms with Crippen LogP contribution in [0, 0.1) is 11.3 Å². The second-order valence-corrected chi connectivity index (χ2v) is 6.01. The molecule has 0 saturated heterocycles. The van der Waals surface area contributed by atoms with Crippen LogP contribution in [0.25, 0.3) is 0 Å². The predicted molar refractivity (Wildman–Crippen MR) is 87.4 cm³/mol. The van der Waals surface area contributed by atoms with Gasteiger partial charge in [-0.05, 0) is 49.2 Å². The number of nitrogens with one attached hydrogen (secondary N) is 1. The van der Waals surface area contributed by atoms with Crippen LogP contribution in [-0.4, -0.2) is 11.8 Å². The monoisotopic (exact) mass is 310 g/mol. The van der Waals surface area contributed by atoms with Crippen LogP contribution in [-0.2, 0) is 0 Å². The Morgan fingerprint density at radius 3 is 2.64 bits per heavy atom. The molecule has 1 aliphatic carbocycles. The summed E-state index contributed by atoms with van der Waals surface area (Å²) in [5.41, 5.74) is 3.15. The summed E-state index contributed by atoms with van der Waals surface area (Å²) < 4.78 is 0. The average molecular weight is 311 g/mol. The molecule has 2 atom stereocenters. The molecule has 3 nitrogen and oxygen atoms in total. The lowest BCUT2D eigenvalue weighted by Gasteiger charge is -2.09. The molecule has 1 aliphatic rings. The Bertz CT molecular complexity index is 762. The summed E-state index contributed by atoms with van der Waals surface area (Å²) in [7, 11) is 0. The van der Waals surface area contributed by atoms with Crippen molar-refractivity contribution < 1.29 is 4.79 Å². The number of rotatable bonds is 4. The maximum atomic E-state index is 11.5. The molecule has 1 N–H and O–H groups in total. The summed E-state index contributed by atoms with van der Waals surface area (Å²) in [5.74, 6) is 0.419. The summed E-state index contributed by atoms with van der Waals surface area (Å²) in [5, 5.41) is 13.3. The maximum absolute atomic E-state index is 11.5. The molecule has 1 saturated carbocycles. The van der Waals surface area contributed by atoms with E-state index in [0.29, 0.717) is 17.0 Å². The number of benzene rings is 2. The lowest BCUT2D eigenvalue weighted by Crippen LogP contribution is -2.07. The number of carbonyl (C=O) groups excluding carboxylic acids is 1. The molecule has 0 amide bonds. The highest BCUT2D eigenvalue weighted by atomic mass is 35.5. The number of nitriles is 1. The van der Waals surface area contributed by atoms with Crippen LogP contribution in [0.2, 0.25) is 5.02 Å². The Hall–Kier alpha value is -2.31. The third-order valence-corrected chi connectivity index (χ3v) is 4.23. The summed E-state index contributed by atoms with van der Waals surface area (Å²) in [6.07, 6.45) is 1.01. The predicted octanol–water partition coefficient (Wildman–Crippen LogP) is 4.38. The fourth-order valence-electron chi connectivity index (χ4n) is 2.61. The van der Waals surface area contributed by atoms with Crippen molar-refractivity contribution in [3.8, 4) is 6.07 Å². The van der Waals surface area contributed by atoms with Gasteiger partial charge in [0.1, 0.15) is 6.07 Å². The number of hydrogen-bond donors (Lipinski definition) is 1. The first-order chi connectivity index (χ1) is 10.6. The van der Waals surface area contributed by atoms with Crippen LogP contribution in [0.4, 0.5) is 5.69 Å². The average Bonchev–Trinajstić information content (AvgIpc) is 3.27. The minimum absolute atomic E-state index is 0.00223. The molecule has 0 radical (unpaired) electrons. The topological polar surface area (TPSA) is 52.9 Å². The van der Waals surface area contributed by atoms with E-state index in [-0.39, 0.29) is 11.8 Å². The van der Waals surface area contributed by atoms with E-state index in [1.807, 2.05) is 24.3 Å². The van der Waals surface area contributed by atoms with Gasteiger partial charge in [0.05, 0.1) is 11.3 Å². The molecule has 2 unspecified atom stereocenters. The Kier molecular flexibility index (Phi) is 3.87. The molecule has 3 rings (SSSR count). The van der Waals surface area contributed by atoms with E-state index >= 15 is 0 Å². The molecule has 0 aromatic heterocycles. The van der Waals surface area contributed by atoms with E-state index < -0.39 is 0 Å². The zero-order valence-electron chi connectivity index (χ0n) is 12.1. The van der Waals surface area contributed by atoms with E-state index in [0.717, 1.165) is 17.1 Å². The molecular weight excluding hydrogens is 296 g/mol. The number of ketones is 1. The van der Waals surface area contributed by atoms with Gasteiger partial charge in [0, 0.05) is 22.5 Å². The lowest BCUT2D eigenvalue weighted by atomic mass is 10.1. The zero-order chi connectivity index (χ0) is 15.7. The van der Waals surface area contributed by atoms with Crippen LogP contribution in [0.15, 0.2) is 42.5 Å². The van der Waals surface area contributed by atoms with Crippen molar-refractivity contribution in [3.63, 3.8) is 0 Å². The molecule has 0 bridgehead atoms. The van der Waals surface area contributed by atoms with Crippen molar-refractivity contribution >= 4 is 23.1 Å². The van der Waals surface area contributed by atoms with Gasteiger partial charge in [-0.2, -0.15) is 5.26 Å².